The molecule has 1 N–H and O–H groups in total. The molecule has 1 fully saturated rings. The number of piperazine rings is 1. The maximum atomic E-state index is 12.8. The van der Waals surface area contributed by atoms with Gasteiger partial charge in [0.2, 0.25) is 10.0 Å². The van der Waals surface area contributed by atoms with Gasteiger partial charge in [-0.2, -0.15) is 4.31 Å². The molecule has 0 bridgehead atoms. The minimum Gasteiger partial charge on any atom is -0.312 e. The Balaban J connectivity index is 0.00000192. The molecule has 1 aliphatic heterocycles. The standard InChI is InChI=1S/C15H19N3O2S2.ClH/c1-11-9-18(7-6-16-11)22(19,20)14-5-3-4-13(8-14)15-17-12(2)10-21-15;/h3-5,8,10-11,16H,6-7,9H2,1-2H3;1H. The first-order chi connectivity index (χ1) is 10.5. The van der Waals surface area contributed by atoms with Crippen LogP contribution in [0.4, 0.5) is 0 Å². The zero-order chi connectivity index (χ0) is 15.7. The third-order valence-corrected chi connectivity index (χ3v) is 6.54. The van der Waals surface area contributed by atoms with Crippen molar-refractivity contribution in [2.75, 3.05) is 19.6 Å². The van der Waals surface area contributed by atoms with Gasteiger partial charge < -0.3 is 5.32 Å². The van der Waals surface area contributed by atoms with Gasteiger partial charge in [0.15, 0.2) is 0 Å². The summed E-state index contributed by atoms with van der Waals surface area (Å²) in [7, 11) is -3.45. The average molecular weight is 374 g/mol. The quantitative estimate of drug-likeness (QED) is 0.898. The van der Waals surface area contributed by atoms with Gasteiger partial charge in [-0.3, -0.25) is 0 Å². The molecule has 2 heterocycles. The first-order valence-corrected chi connectivity index (χ1v) is 9.55. The van der Waals surface area contributed by atoms with Crippen LogP contribution in [0.5, 0.6) is 0 Å². The van der Waals surface area contributed by atoms with Gasteiger partial charge in [-0.05, 0) is 26.0 Å². The fraction of sp³-hybridized carbons (Fsp3) is 0.400. The number of aryl methyl sites for hydroxylation is 1. The van der Waals surface area contributed by atoms with Gasteiger partial charge in [0, 0.05) is 42.3 Å². The summed E-state index contributed by atoms with van der Waals surface area (Å²) < 4.78 is 27.2. The Labute approximate surface area is 147 Å². The third-order valence-electron chi connectivity index (χ3n) is 3.67. The molecule has 2 aromatic rings. The summed E-state index contributed by atoms with van der Waals surface area (Å²) in [4.78, 5) is 4.77. The van der Waals surface area contributed by atoms with E-state index >= 15 is 0 Å². The van der Waals surface area contributed by atoms with Gasteiger partial charge >= 0.3 is 0 Å². The first kappa shape index (κ1) is 18.4. The second kappa shape index (κ2) is 7.27. The van der Waals surface area contributed by atoms with Gasteiger partial charge in [-0.1, -0.05) is 12.1 Å². The fourth-order valence-corrected chi connectivity index (χ4v) is 4.91. The zero-order valence-corrected chi connectivity index (χ0v) is 15.5. The molecule has 1 atom stereocenters. The molecule has 0 saturated carbocycles. The molecule has 8 heteroatoms. The lowest BCUT2D eigenvalue weighted by Crippen LogP contribution is -2.51. The van der Waals surface area contributed by atoms with E-state index in [1.807, 2.05) is 25.3 Å². The lowest BCUT2D eigenvalue weighted by atomic mass is 10.2. The summed E-state index contributed by atoms with van der Waals surface area (Å²) in [5.41, 5.74) is 1.80. The largest absolute Gasteiger partial charge is 0.312 e. The molecule has 1 saturated heterocycles. The summed E-state index contributed by atoms with van der Waals surface area (Å²) in [6.45, 7) is 5.63. The molecular formula is C15H20ClN3O2S2. The molecule has 3 rings (SSSR count). The van der Waals surface area contributed by atoms with E-state index in [9.17, 15) is 8.42 Å². The van der Waals surface area contributed by atoms with Crippen molar-refractivity contribution in [3.8, 4) is 10.6 Å². The number of thiazole rings is 1. The van der Waals surface area contributed by atoms with Crippen LogP contribution in [0.2, 0.25) is 0 Å². The lowest BCUT2D eigenvalue weighted by molar-refractivity contribution is 0.310. The maximum Gasteiger partial charge on any atom is 0.243 e. The molecule has 1 aromatic heterocycles. The average Bonchev–Trinajstić information content (AvgIpc) is 2.94. The maximum absolute atomic E-state index is 12.8. The highest BCUT2D eigenvalue weighted by Gasteiger charge is 2.28. The Morgan fingerprint density at radius 3 is 2.83 bits per heavy atom. The van der Waals surface area contributed by atoms with Crippen LogP contribution in [-0.2, 0) is 10.0 Å². The Morgan fingerprint density at radius 2 is 2.17 bits per heavy atom. The summed E-state index contributed by atoms with van der Waals surface area (Å²) >= 11 is 1.53. The number of hydrogen-bond donors (Lipinski definition) is 1. The zero-order valence-electron chi connectivity index (χ0n) is 13.0. The van der Waals surface area contributed by atoms with Crippen molar-refractivity contribution in [2.45, 2.75) is 24.8 Å². The van der Waals surface area contributed by atoms with Crippen LogP contribution in [0.15, 0.2) is 34.5 Å². The summed E-state index contributed by atoms with van der Waals surface area (Å²) in [5.74, 6) is 0. The van der Waals surface area contributed by atoms with E-state index in [0.29, 0.717) is 24.5 Å². The van der Waals surface area contributed by atoms with E-state index in [-0.39, 0.29) is 18.4 Å². The molecule has 23 heavy (non-hydrogen) atoms. The predicted molar refractivity (Wildman–Crippen MR) is 95.8 cm³/mol. The molecular weight excluding hydrogens is 354 g/mol. The molecule has 0 aliphatic carbocycles. The van der Waals surface area contributed by atoms with Crippen molar-refractivity contribution >= 4 is 33.8 Å². The molecule has 0 amide bonds. The van der Waals surface area contributed by atoms with Crippen molar-refractivity contribution in [3.05, 3.63) is 35.3 Å². The predicted octanol–water partition coefficient (Wildman–Crippen LogP) is 2.52. The number of halogens is 1. The third kappa shape index (κ3) is 3.92. The van der Waals surface area contributed by atoms with Crippen LogP contribution in [0.25, 0.3) is 10.6 Å². The van der Waals surface area contributed by atoms with E-state index in [1.54, 1.807) is 22.5 Å². The molecule has 1 aromatic carbocycles. The number of hydrogen-bond acceptors (Lipinski definition) is 5. The summed E-state index contributed by atoms with van der Waals surface area (Å²) in [6.07, 6.45) is 0. The summed E-state index contributed by atoms with van der Waals surface area (Å²) in [6, 6.07) is 7.24. The first-order valence-electron chi connectivity index (χ1n) is 7.23. The highest BCUT2D eigenvalue weighted by atomic mass is 35.5. The van der Waals surface area contributed by atoms with Crippen LogP contribution < -0.4 is 5.32 Å². The number of sulfonamides is 1. The molecule has 0 radical (unpaired) electrons. The Bertz CT molecular complexity index is 777. The monoisotopic (exact) mass is 373 g/mol. The van der Waals surface area contributed by atoms with Gasteiger partial charge in [0.05, 0.1) is 4.90 Å². The van der Waals surface area contributed by atoms with E-state index < -0.39 is 10.0 Å². The van der Waals surface area contributed by atoms with Gasteiger partial charge in [-0.25, -0.2) is 13.4 Å². The number of nitrogens with one attached hydrogen (secondary N) is 1. The number of nitrogens with zero attached hydrogens (tertiary/aromatic N) is 2. The fourth-order valence-electron chi connectivity index (χ4n) is 2.54. The molecule has 1 aliphatic rings. The number of rotatable bonds is 3. The van der Waals surface area contributed by atoms with Crippen molar-refractivity contribution in [1.29, 1.82) is 0 Å². The van der Waals surface area contributed by atoms with Gasteiger partial charge in [-0.15, -0.1) is 23.7 Å². The normalized spacial score (nSPS) is 19.3. The second-order valence-electron chi connectivity index (χ2n) is 5.54. The van der Waals surface area contributed by atoms with Crippen LogP contribution in [0.1, 0.15) is 12.6 Å². The molecule has 0 spiro atoms. The van der Waals surface area contributed by atoms with Crippen LogP contribution >= 0.6 is 23.7 Å². The second-order valence-corrected chi connectivity index (χ2v) is 8.34. The highest BCUT2D eigenvalue weighted by Crippen LogP contribution is 2.27. The van der Waals surface area contributed by atoms with E-state index in [4.69, 9.17) is 0 Å². The van der Waals surface area contributed by atoms with Gasteiger partial charge in [0.1, 0.15) is 5.01 Å². The highest BCUT2D eigenvalue weighted by molar-refractivity contribution is 7.89. The van der Waals surface area contributed by atoms with Crippen LogP contribution in [0.3, 0.4) is 0 Å². The number of aromatic nitrogens is 1. The van der Waals surface area contributed by atoms with Crippen molar-refractivity contribution < 1.29 is 8.42 Å². The minimum atomic E-state index is -3.45. The van der Waals surface area contributed by atoms with E-state index in [2.05, 4.69) is 10.3 Å². The Kier molecular flexibility index (Phi) is 5.80. The van der Waals surface area contributed by atoms with Crippen LogP contribution in [0, 0.1) is 6.92 Å². The molecule has 1 unspecified atom stereocenters. The Hall–Kier alpha value is -0.990. The van der Waals surface area contributed by atoms with E-state index in [1.165, 1.54) is 11.3 Å². The van der Waals surface area contributed by atoms with Gasteiger partial charge in [0.25, 0.3) is 0 Å². The summed E-state index contributed by atoms with van der Waals surface area (Å²) in [5, 5.41) is 6.08. The van der Waals surface area contributed by atoms with Crippen molar-refractivity contribution in [1.82, 2.24) is 14.6 Å². The van der Waals surface area contributed by atoms with Crippen molar-refractivity contribution in [2.24, 2.45) is 0 Å². The van der Waals surface area contributed by atoms with Crippen molar-refractivity contribution in [3.63, 3.8) is 0 Å². The lowest BCUT2D eigenvalue weighted by Gasteiger charge is -2.31. The van der Waals surface area contributed by atoms with Crippen LogP contribution in [-0.4, -0.2) is 43.4 Å². The SMILES string of the molecule is Cc1csc(-c2cccc(S(=O)(=O)N3CCNC(C)C3)c2)n1.Cl. The number of benzene rings is 1. The minimum absolute atomic E-state index is 0. The smallest absolute Gasteiger partial charge is 0.243 e. The Morgan fingerprint density at radius 1 is 1.39 bits per heavy atom. The van der Waals surface area contributed by atoms with E-state index in [0.717, 1.165) is 16.3 Å². The molecule has 126 valence electrons. The molecule has 5 nitrogen and oxygen atoms in total. The topological polar surface area (TPSA) is 62.3 Å².